The van der Waals surface area contributed by atoms with E-state index in [1.165, 1.54) is 27.7 Å². The topological polar surface area (TPSA) is 42.8 Å². The van der Waals surface area contributed by atoms with Crippen LogP contribution < -0.4 is 4.90 Å². The summed E-state index contributed by atoms with van der Waals surface area (Å²) in [5.74, 6) is 0. The van der Waals surface area contributed by atoms with Crippen LogP contribution in [0.4, 0.5) is 5.13 Å². The number of anilines is 1. The Morgan fingerprint density at radius 2 is 2.00 bits per heavy atom. The van der Waals surface area contributed by atoms with Gasteiger partial charge >= 0.3 is 0 Å². The number of hydrogen-bond acceptors (Lipinski definition) is 7. The minimum atomic E-state index is 0.263. The lowest BCUT2D eigenvalue weighted by Crippen LogP contribution is -2.52. The van der Waals surface area contributed by atoms with Gasteiger partial charge in [0.2, 0.25) is 0 Å². The maximum atomic E-state index is 9.51. The van der Waals surface area contributed by atoms with Gasteiger partial charge in [0, 0.05) is 74.4 Å². The summed E-state index contributed by atoms with van der Waals surface area (Å²) in [6.07, 6.45) is 5.51. The summed E-state index contributed by atoms with van der Waals surface area (Å²) in [5.41, 5.74) is 0. The highest BCUT2D eigenvalue weighted by molar-refractivity contribution is 7.15. The van der Waals surface area contributed by atoms with Crippen LogP contribution >= 0.6 is 22.7 Å². The Morgan fingerprint density at radius 3 is 2.77 bits per heavy atom. The summed E-state index contributed by atoms with van der Waals surface area (Å²) in [6.45, 7) is 7.77. The fourth-order valence-electron chi connectivity index (χ4n) is 3.98. The van der Waals surface area contributed by atoms with E-state index < -0.39 is 0 Å². The molecule has 142 valence electrons. The number of piperazine rings is 1. The normalized spacial score (nSPS) is 22.3. The van der Waals surface area contributed by atoms with E-state index in [2.05, 4.69) is 43.4 Å². The minimum Gasteiger partial charge on any atom is -0.396 e. The molecule has 0 unspecified atom stereocenters. The predicted octanol–water partition coefficient (Wildman–Crippen LogP) is 2.87. The van der Waals surface area contributed by atoms with E-state index in [0.29, 0.717) is 6.04 Å². The maximum Gasteiger partial charge on any atom is 0.185 e. The Bertz CT molecular complexity index is 669. The number of thiazole rings is 1. The molecule has 1 N–H and O–H groups in total. The molecule has 0 radical (unpaired) electrons. The largest absolute Gasteiger partial charge is 0.396 e. The van der Waals surface area contributed by atoms with Crippen LogP contribution in [0.2, 0.25) is 0 Å². The van der Waals surface area contributed by atoms with Crippen molar-refractivity contribution < 1.29 is 5.11 Å². The van der Waals surface area contributed by atoms with Gasteiger partial charge in [0.15, 0.2) is 5.13 Å². The highest BCUT2D eigenvalue weighted by Crippen LogP contribution is 2.27. The van der Waals surface area contributed by atoms with E-state index in [-0.39, 0.29) is 6.61 Å². The van der Waals surface area contributed by atoms with Crippen molar-refractivity contribution in [1.29, 1.82) is 0 Å². The summed E-state index contributed by atoms with van der Waals surface area (Å²) < 4.78 is 0. The van der Waals surface area contributed by atoms with E-state index in [0.717, 1.165) is 52.2 Å². The fraction of sp³-hybridized carbons (Fsp3) is 0.632. The van der Waals surface area contributed by atoms with Crippen molar-refractivity contribution in [3.05, 3.63) is 33.5 Å². The van der Waals surface area contributed by atoms with Crippen molar-refractivity contribution in [2.24, 2.45) is 0 Å². The standard InChI is InChI=1S/C19H28N4OS2/c24-10-5-16-13-21(8-9-23(16)15-17-4-3-11-25-17)14-18-12-20-19(26-18)22-6-1-2-7-22/h3-4,11-12,16,24H,1-2,5-10,13-15H2/t16-/m0/s1. The fourth-order valence-corrected chi connectivity index (χ4v) is 5.71. The van der Waals surface area contributed by atoms with Crippen LogP contribution in [0.5, 0.6) is 0 Å². The van der Waals surface area contributed by atoms with Crippen LogP contribution in [0.1, 0.15) is 29.0 Å². The van der Waals surface area contributed by atoms with Crippen LogP contribution in [0.25, 0.3) is 0 Å². The average molecular weight is 393 g/mol. The monoisotopic (exact) mass is 392 g/mol. The van der Waals surface area contributed by atoms with Crippen LogP contribution in [0.3, 0.4) is 0 Å². The zero-order valence-corrected chi connectivity index (χ0v) is 16.9. The SMILES string of the molecule is OCC[C@H]1CN(Cc2cnc(N3CCCC3)s2)CCN1Cc1cccs1. The van der Waals surface area contributed by atoms with Gasteiger partial charge in [0.1, 0.15) is 0 Å². The predicted molar refractivity (Wildman–Crippen MR) is 109 cm³/mol. The Kier molecular flexibility index (Phi) is 6.22. The summed E-state index contributed by atoms with van der Waals surface area (Å²) in [4.78, 5) is 14.9. The first-order valence-electron chi connectivity index (χ1n) is 9.61. The summed E-state index contributed by atoms with van der Waals surface area (Å²) in [5, 5.41) is 12.8. The second-order valence-electron chi connectivity index (χ2n) is 7.25. The Morgan fingerprint density at radius 1 is 1.12 bits per heavy atom. The number of nitrogens with zero attached hydrogens (tertiary/aromatic N) is 4. The van der Waals surface area contributed by atoms with Gasteiger partial charge in [0.05, 0.1) is 0 Å². The lowest BCUT2D eigenvalue weighted by Gasteiger charge is -2.41. The van der Waals surface area contributed by atoms with Gasteiger partial charge in [-0.25, -0.2) is 4.98 Å². The lowest BCUT2D eigenvalue weighted by atomic mass is 10.1. The molecule has 1 atom stereocenters. The van der Waals surface area contributed by atoms with Crippen molar-refractivity contribution in [3.8, 4) is 0 Å². The molecule has 0 spiro atoms. The molecular weight excluding hydrogens is 364 g/mol. The van der Waals surface area contributed by atoms with Gasteiger partial charge in [-0.3, -0.25) is 9.80 Å². The molecule has 2 aromatic heterocycles. The van der Waals surface area contributed by atoms with Gasteiger partial charge in [-0.05, 0) is 30.7 Å². The smallest absolute Gasteiger partial charge is 0.185 e. The zero-order chi connectivity index (χ0) is 17.8. The number of thiophene rings is 1. The number of rotatable bonds is 7. The molecule has 5 nitrogen and oxygen atoms in total. The molecule has 2 fully saturated rings. The molecule has 0 saturated carbocycles. The molecule has 2 aromatic rings. The number of hydrogen-bond donors (Lipinski definition) is 1. The maximum absolute atomic E-state index is 9.51. The first kappa shape index (κ1) is 18.4. The van der Waals surface area contributed by atoms with Gasteiger partial charge in [-0.1, -0.05) is 6.07 Å². The molecule has 2 aliphatic heterocycles. The highest BCUT2D eigenvalue weighted by Gasteiger charge is 2.27. The van der Waals surface area contributed by atoms with E-state index in [1.54, 1.807) is 0 Å². The molecule has 2 aliphatic rings. The highest BCUT2D eigenvalue weighted by atomic mass is 32.1. The van der Waals surface area contributed by atoms with Crippen molar-refractivity contribution in [2.75, 3.05) is 44.2 Å². The second kappa shape index (κ2) is 8.80. The van der Waals surface area contributed by atoms with Crippen molar-refractivity contribution in [1.82, 2.24) is 14.8 Å². The van der Waals surface area contributed by atoms with Crippen molar-refractivity contribution in [2.45, 2.75) is 38.4 Å². The first-order valence-corrected chi connectivity index (χ1v) is 11.3. The number of aliphatic hydroxyl groups excluding tert-OH is 1. The third kappa shape index (κ3) is 4.46. The molecule has 0 aliphatic carbocycles. The second-order valence-corrected chi connectivity index (χ2v) is 9.38. The molecule has 26 heavy (non-hydrogen) atoms. The molecular formula is C19H28N4OS2. The van der Waals surface area contributed by atoms with Gasteiger partial charge in [0.25, 0.3) is 0 Å². The third-order valence-electron chi connectivity index (χ3n) is 5.39. The van der Waals surface area contributed by atoms with Crippen molar-refractivity contribution >= 4 is 27.8 Å². The molecule has 4 rings (SSSR count). The van der Waals surface area contributed by atoms with Gasteiger partial charge < -0.3 is 10.0 Å². The van der Waals surface area contributed by atoms with E-state index in [4.69, 9.17) is 0 Å². The van der Waals surface area contributed by atoms with Gasteiger partial charge in [-0.2, -0.15) is 0 Å². The number of aliphatic hydroxyl groups is 1. The Labute approximate surface area is 163 Å². The van der Waals surface area contributed by atoms with Gasteiger partial charge in [-0.15, -0.1) is 22.7 Å². The van der Waals surface area contributed by atoms with E-state index in [1.807, 2.05) is 22.7 Å². The lowest BCUT2D eigenvalue weighted by molar-refractivity contribution is 0.0511. The van der Waals surface area contributed by atoms with Crippen molar-refractivity contribution in [3.63, 3.8) is 0 Å². The van der Waals surface area contributed by atoms with E-state index >= 15 is 0 Å². The Hall–Kier alpha value is -0.990. The quantitative estimate of drug-likeness (QED) is 0.785. The third-order valence-corrected chi connectivity index (χ3v) is 7.29. The number of aromatic nitrogens is 1. The molecule has 2 saturated heterocycles. The van der Waals surface area contributed by atoms with Crippen LogP contribution in [-0.2, 0) is 13.1 Å². The summed E-state index contributed by atoms with van der Waals surface area (Å²) in [6, 6.07) is 4.77. The molecule has 0 bridgehead atoms. The minimum absolute atomic E-state index is 0.263. The van der Waals surface area contributed by atoms with Crippen LogP contribution in [0.15, 0.2) is 23.7 Å². The summed E-state index contributed by atoms with van der Waals surface area (Å²) >= 11 is 3.68. The zero-order valence-electron chi connectivity index (χ0n) is 15.2. The van der Waals surface area contributed by atoms with Crippen LogP contribution in [0, 0.1) is 0 Å². The Balaban J connectivity index is 1.34. The van der Waals surface area contributed by atoms with Crippen LogP contribution in [-0.4, -0.2) is 65.3 Å². The molecule has 7 heteroatoms. The van der Waals surface area contributed by atoms with E-state index in [9.17, 15) is 5.11 Å². The first-order chi connectivity index (χ1) is 12.8. The molecule has 0 amide bonds. The molecule has 4 heterocycles. The summed E-state index contributed by atoms with van der Waals surface area (Å²) in [7, 11) is 0. The average Bonchev–Trinajstić information content (AvgIpc) is 3.39. The molecule has 0 aromatic carbocycles.